The molecule has 1 heterocycles. The maximum Gasteiger partial charge on any atom is 0.340 e. The minimum atomic E-state index is -0.605. The average molecular weight is 411 g/mol. The fourth-order valence-corrected chi connectivity index (χ4v) is 3.14. The molecule has 0 atom stereocenters. The fourth-order valence-electron chi connectivity index (χ4n) is 3.14. The van der Waals surface area contributed by atoms with Crippen LogP contribution < -0.4 is 20.4 Å². The molecule has 0 spiro atoms. The molecule has 1 N–H and O–H groups in total. The minimum absolute atomic E-state index is 0.182. The number of carbonyl (C=O) groups excluding carboxylic acids is 2. The summed E-state index contributed by atoms with van der Waals surface area (Å²) in [6, 6.07) is 9.51. The summed E-state index contributed by atoms with van der Waals surface area (Å²) in [5, 5.41) is 3.30. The number of hydrogen-bond acceptors (Lipinski definition) is 7. The van der Waals surface area contributed by atoms with Crippen molar-refractivity contribution in [3.63, 3.8) is 0 Å². The molecule has 0 aliphatic carbocycles. The van der Waals surface area contributed by atoms with Gasteiger partial charge in [-0.05, 0) is 36.8 Å². The van der Waals surface area contributed by atoms with E-state index in [1.807, 2.05) is 0 Å². The van der Waals surface area contributed by atoms with Crippen LogP contribution in [0.3, 0.4) is 0 Å². The van der Waals surface area contributed by atoms with Crippen LogP contribution in [0, 0.1) is 6.92 Å². The van der Waals surface area contributed by atoms with Crippen molar-refractivity contribution in [2.75, 3.05) is 26.6 Å². The van der Waals surface area contributed by atoms with Crippen LogP contribution >= 0.6 is 0 Å². The molecule has 0 fully saturated rings. The number of benzene rings is 2. The third-order valence-electron chi connectivity index (χ3n) is 4.70. The van der Waals surface area contributed by atoms with Crippen LogP contribution in [0.5, 0.6) is 11.5 Å². The number of carbonyl (C=O) groups is 2. The van der Waals surface area contributed by atoms with Crippen molar-refractivity contribution in [2.45, 2.75) is 13.3 Å². The fraction of sp³-hybridized carbons (Fsp3) is 0.227. The Bertz CT molecular complexity index is 1160. The lowest BCUT2D eigenvalue weighted by molar-refractivity contribution is -0.115. The smallest absolute Gasteiger partial charge is 0.340 e. The number of hydrogen-bond donors (Lipinski definition) is 1. The van der Waals surface area contributed by atoms with Crippen LogP contribution in [0.25, 0.3) is 11.0 Å². The Labute approximate surface area is 172 Å². The predicted molar refractivity (Wildman–Crippen MR) is 110 cm³/mol. The van der Waals surface area contributed by atoms with Gasteiger partial charge in [0.1, 0.15) is 17.1 Å². The Balaban J connectivity index is 1.89. The van der Waals surface area contributed by atoms with Gasteiger partial charge in [-0.1, -0.05) is 0 Å². The van der Waals surface area contributed by atoms with Crippen LogP contribution in [0.1, 0.15) is 21.5 Å². The topological polar surface area (TPSA) is 104 Å². The van der Waals surface area contributed by atoms with Crippen LogP contribution in [0.15, 0.2) is 45.6 Å². The van der Waals surface area contributed by atoms with Gasteiger partial charge in [-0.25, -0.2) is 9.59 Å². The third-order valence-corrected chi connectivity index (χ3v) is 4.70. The van der Waals surface area contributed by atoms with E-state index in [1.165, 1.54) is 33.5 Å². The molecule has 2 aromatic carbocycles. The maximum absolute atomic E-state index is 12.5. The lowest BCUT2D eigenvalue weighted by Crippen LogP contribution is -2.20. The molecule has 0 aliphatic heterocycles. The van der Waals surface area contributed by atoms with Crippen molar-refractivity contribution < 1.29 is 28.2 Å². The van der Waals surface area contributed by atoms with Gasteiger partial charge in [0.15, 0.2) is 0 Å². The first-order chi connectivity index (χ1) is 14.4. The van der Waals surface area contributed by atoms with E-state index >= 15 is 0 Å². The van der Waals surface area contributed by atoms with Gasteiger partial charge in [0.05, 0.1) is 44.3 Å². The molecule has 156 valence electrons. The minimum Gasteiger partial charge on any atom is -0.496 e. The summed E-state index contributed by atoms with van der Waals surface area (Å²) in [7, 11) is 4.30. The summed E-state index contributed by atoms with van der Waals surface area (Å²) in [4.78, 5) is 36.5. The number of anilines is 1. The average Bonchev–Trinajstić information content (AvgIpc) is 2.75. The van der Waals surface area contributed by atoms with Gasteiger partial charge in [0, 0.05) is 17.8 Å². The second kappa shape index (κ2) is 8.69. The van der Waals surface area contributed by atoms with Gasteiger partial charge in [-0.2, -0.15) is 0 Å². The first-order valence-electron chi connectivity index (χ1n) is 9.04. The lowest BCUT2D eigenvalue weighted by atomic mass is 10.0. The highest BCUT2D eigenvalue weighted by atomic mass is 16.5. The molecular weight excluding hydrogens is 390 g/mol. The van der Waals surface area contributed by atoms with E-state index in [-0.39, 0.29) is 12.0 Å². The third kappa shape index (κ3) is 4.12. The quantitative estimate of drug-likeness (QED) is 0.491. The summed E-state index contributed by atoms with van der Waals surface area (Å²) >= 11 is 0. The van der Waals surface area contributed by atoms with Crippen LogP contribution in [0.4, 0.5) is 5.69 Å². The molecule has 0 unspecified atom stereocenters. The van der Waals surface area contributed by atoms with Gasteiger partial charge < -0.3 is 23.9 Å². The largest absolute Gasteiger partial charge is 0.496 e. The summed E-state index contributed by atoms with van der Waals surface area (Å²) in [6.45, 7) is 1.74. The molecule has 0 radical (unpaired) electrons. The summed E-state index contributed by atoms with van der Waals surface area (Å²) in [5.41, 5.74) is 1.39. The SMILES string of the molecule is COC(=O)c1ccc(NC(=O)Cc2c(C)c3c(OC)cc(OC)cc3oc2=O)cc1. The van der Waals surface area contributed by atoms with Gasteiger partial charge in [-0.15, -0.1) is 0 Å². The van der Waals surface area contributed by atoms with Crippen LogP contribution in [-0.4, -0.2) is 33.2 Å². The van der Waals surface area contributed by atoms with E-state index in [9.17, 15) is 14.4 Å². The van der Waals surface area contributed by atoms with Crippen molar-refractivity contribution in [3.05, 3.63) is 63.5 Å². The van der Waals surface area contributed by atoms with Crippen LogP contribution in [0.2, 0.25) is 0 Å². The highest BCUT2D eigenvalue weighted by Crippen LogP contribution is 2.33. The van der Waals surface area contributed by atoms with Crippen molar-refractivity contribution in [1.82, 2.24) is 0 Å². The molecular formula is C22H21NO7. The monoisotopic (exact) mass is 411 g/mol. The van der Waals surface area contributed by atoms with Crippen molar-refractivity contribution in [2.24, 2.45) is 0 Å². The second-order valence-corrected chi connectivity index (χ2v) is 6.49. The number of ether oxygens (including phenoxy) is 3. The van der Waals surface area contributed by atoms with Gasteiger partial charge in [-0.3, -0.25) is 4.79 Å². The zero-order valence-corrected chi connectivity index (χ0v) is 17.0. The first kappa shape index (κ1) is 20.9. The molecule has 3 rings (SSSR count). The normalized spacial score (nSPS) is 10.5. The molecule has 0 aliphatic rings. The number of aryl methyl sites for hydroxylation is 1. The van der Waals surface area contributed by atoms with E-state index in [1.54, 1.807) is 31.2 Å². The number of fused-ring (bicyclic) bond motifs is 1. The van der Waals surface area contributed by atoms with Crippen molar-refractivity contribution in [1.29, 1.82) is 0 Å². The van der Waals surface area contributed by atoms with Gasteiger partial charge >= 0.3 is 11.6 Å². The maximum atomic E-state index is 12.5. The molecule has 8 heteroatoms. The summed E-state index contributed by atoms with van der Waals surface area (Å²) in [5.74, 6) is 0.0966. The van der Waals surface area contributed by atoms with E-state index < -0.39 is 17.5 Å². The van der Waals surface area contributed by atoms with Gasteiger partial charge in [0.25, 0.3) is 0 Å². The zero-order chi connectivity index (χ0) is 21.8. The van der Waals surface area contributed by atoms with Crippen molar-refractivity contribution in [3.8, 4) is 11.5 Å². The Morgan fingerprint density at radius 1 is 1.03 bits per heavy atom. The van der Waals surface area contributed by atoms with E-state index in [0.717, 1.165) is 0 Å². The summed E-state index contributed by atoms with van der Waals surface area (Å²) < 4.78 is 20.7. The first-order valence-corrected chi connectivity index (χ1v) is 9.04. The van der Waals surface area contributed by atoms with E-state index in [2.05, 4.69) is 10.1 Å². The predicted octanol–water partition coefficient (Wildman–Crippen LogP) is 3.09. The molecule has 1 aromatic heterocycles. The number of esters is 1. The lowest BCUT2D eigenvalue weighted by Gasteiger charge is -2.13. The molecule has 30 heavy (non-hydrogen) atoms. The Morgan fingerprint density at radius 3 is 2.33 bits per heavy atom. The highest BCUT2D eigenvalue weighted by molar-refractivity contribution is 5.95. The zero-order valence-electron chi connectivity index (χ0n) is 17.0. The highest BCUT2D eigenvalue weighted by Gasteiger charge is 2.19. The molecule has 0 bridgehead atoms. The van der Waals surface area contributed by atoms with E-state index in [0.29, 0.717) is 39.3 Å². The number of amides is 1. The van der Waals surface area contributed by atoms with Crippen molar-refractivity contribution >= 4 is 28.5 Å². The molecule has 3 aromatic rings. The number of methoxy groups -OCH3 is 3. The Morgan fingerprint density at radius 2 is 1.73 bits per heavy atom. The Kier molecular flexibility index (Phi) is 6.06. The van der Waals surface area contributed by atoms with E-state index in [4.69, 9.17) is 13.9 Å². The molecule has 0 saturated heterocycles. The summed E-state index contributed by atoms with van der Waals surface area (Å²) in [6.07, 6.45) is -0.182. The molecule has 8 nitrogen and oxygen atoms in total. The Hall–Kier alpha value is -3.81. The molecule has 1 amide bonds. The van der Waals surface area contributed by atoms with Crippen LogP contribution in [-0.2, 0) is 16.0 Å². The molecule has 0 saturated carbocycles. The second-order valence-electron chi connectivity index (χ2n) is 6.49. The number of nitrogens with one attached hydrogen (secondary N) is 1. The van der Waals surface area contributed by atoms with Gasteiger partial charge in [0.2, 0.25) is 5.91 Å². The standard InChI is InChI=1S/C22H21NO7/c1-12-16(11-19(24)23-14-7-5-13(6-8-14)21(25)29-4)22(26)30-18-10-15(27-2)9-17(28-3)20(12)18/h5-10H,11H2,1-4H3,(H,23,24). The number of rotatable bonds is 6.